The third-order valence-electron chi connectivity index (χ3n) is 4.00. The molecule has 1 saturated carbocycles. The summed E-state index contributed by atoms with van der Waals surface area (Å²) in [6.45, 7) is 7.36. The number of nitrogens with one attached hydrogen (secondary N) is 1. The summed E-state index contributed by atoms with van der Waals surface area (Å²) in [6, 6.07) is 7.51. The number of amides is 1. The Morgan fingerprint density at radius 1 is 1.18 bits per heavy atom. The summed E-state index contributed by atoms with van der Waals surface area (Å²) in [5.41, 5.74) is 0.0636. The van der Waals surface area contributed by atoms with E-state index in [1.807, 2.05) is 31.2 Å². The lowest BCUT2D eigenvalue weighted by molar-refractivity contribution is -0.142. The maximum absolute atomic E-state index is 12.6. The summed E-state index contributed by atoms with van der Waals surface area (Å²) in [6.07, 6.45) is 4.03. The van der Waals surface area contributed by atoms with Gasteiger partial charge in [0.2, 0.25) is 0 Å². The van der Waals surface area contributed by atoms with Crippen LogP contribution in [0.2, 0.25) is 0 Å². The third-order valence-corrected chi connectivity index (χ3v) is 4.00. The Balaban J connectivity index is 1.97. The van der Waals surface area contributed by atoms with Gasteiger partial charge in [0.1, 0.15) is 11.4 Å². The molecule has 0 bridgehead atoms. The molecule has 1 aliphatic rings. The minimum atomic E-state index is -0.715. The van der Waals surface area contributed by atoms with Gasteiger partial charge in [0.05, 0.1) is 6.61 Å². The number of carbonyl (C=O) groups is 1. The van der Waals surface area contributed by atoms with E-state index in [-0.39, 0.29) is 5.91 Å². The molecule has 0 aromatic heterocycles. The molecule has 1 aromatic carbocycles. The van der Waals surface area contributed by atoms with Gasteiger partial charge < -0.3 is 14.8 Å². The first-order valence-corrected chi connectivity index (χ1v) is 8.28. The standard InChI is InChI=1S/C18H27NO3/c1-4-12-21-16-10-8-15(9-11-16)19-17(20)18(3,14-6-7-14)22-13-5-2/h8-11,14H,4-7,12-13H2,1-3H3,(H,19,20)/t18-/m1/s1. The van der Waals surface area contributed by atoms with Crippen molar-refractivity contribution in [2.75, 3.05) is 18.5 Å². The molecule has 0 unspecified atom stereocenters. The van der Waals surface area contributed by atoms with E-state index in [1.54, 1.807) is 0 Å². The van der Waals surface area contributed by atoms with Crippen LogP contribution < -0.4 is 10.1 Å². The van der Waals surface area contributed by atoms with Crippen LogP contribution in [0.5, 0.6) is 5.75 Å². The Morgan fingerprint density at radius 3 is 2.36 bits per heavy atom. The van der Waals surface area contributed by atoms with Gasteiger partial charge in [0, 0.05) is 12.3 Å². The molecule has 4 heteroatoms. The summed E-state index contributed by atoms with van der Waals surface area (Å²) >= 11 is 0. The fourth-order valence-corrected chi connectivity index (χ4v) is 2.43. The molecule has 1 atom stereocenters. The zero-order valence-electron chi connectivity index (χ0n) is 13.9. The lowest BCUT2D eigenvalue weighted by atomic mass is 9.98. The second-order valence-corrected chi connectivity index (χ2v) is 6.06. The molecule has 122 valence electrons. The molecular formula is C18H27NO3. The van der Waals surface area contributed by atoms with E-state index in [2.05, 4.69) is 19.2 Å². The minimum Gasteiger partial charge on any atom is -0.494 e. The van der Waals surface area contributed by atoms with Crippen LogP contribution in [-0.2, 0) is 9.53 Å². The topological polar surface area (TPSA) is 47.6 Å². The second kappa shape index (κ2) is 7.63. The van der Waals surface area contributed by atoms with Crippen molar-refractivity contribution in [3.8, 4) is 5.75 Å². The molecule has 1 N–H and O–H groups in total. The molecule has 0 aliphatic heterocycles. The molecule has 4 nitrogen and oxygen atoms in total. The Bertz CT molecular complexity index is 482. The smallest absolute Gasteiger partial charge is 0.256 e. The monoisotopic (exact) mass is 305 g/mol. The minimum absolute atomic E-state index is 0.0503. The highest BCUT2D eigenvalue weighted by atomic mass is 16.5. The normalized spacial score (nSPS) is 16.9. The Morgan fingerprint density at radius 2 is 1.82 bits per heavy atom. The van der Waals surface area contributed by atoms with Crippen molar-refractivity contribution in [3.05, 3.63) is 24.3 Å². The lowest BCUT2D eigenvalue weighted by Gasteiger charge is -2.28. The van der Waals surface area contributed by atoms with Gasteiger partial charge in [-0.2, -0.15) is 0 Å². The predicted octanol–water partition coefficient (Wildman–Crippen LogP) is 4.01. The van der Waals surface area contributed by atoms with E-state index in [4.69, 9.17) is 9.47 Å². The largest absolute Gasteiger partial charge is 0.494 e. The summed E-state index contributed by atoms with van der Waals surface area (Å²) in [5, 5.41) is 2.98. The molecule has 0 saturated heterocycles. The molecule has 2 rings (SSSR count). The third kappa shape index (κ3) is 4.23. The quantitative estimate of drug-likeness (QED) is 0.750. The number of anilines is 1. The average molecular weight is 305 g/mol. The van der Waals surface area contributed by atoms with E-state index in [9.17, 15) is 4.79 Å². The summed E-state index contributed by atoms with van der Waals surface area (Å²) < 4.78 is 11.4. The molecule has 0 spiro atoms. The van der Waals surface area contributed by atoms with Gasteiger partial charge in [-0.3, -0.25) is 4.79 Å². The van der Waals surface area contributed by atoms with E-state index in [0.29, 0.717) is 19.1 Å². The maximum Gasteiger partial charge on any atom is 0.256 e. The van der Waals surface area contributed by atoms with Crippen molar-refractivity contribution in [2.24, 2.45) is 5.92 Å². The predicted molar refractivity (Wildman–Crippen MR) is 88.2 cm³/mol. The lowest BCUT2D eigenvalue weighted by Crippen LogP contribution is -2.45. The highest BCUT2D eigenvalue weighted by molar-refractivity contribution is 5.97. The molecule has 22 heavy (non-hydrogen) atoms. The highest BCUT2D eigenvalue weighted by Crippen LogP contribution is 2.42. The van der Waals surface area contributed by atoms with Gasteiger partial charge >= 0.3 is 0 Å². The van der Waals surface area contributed by atoms with Gasteiger partial charge in [-0.25, -0.2) is 0 Å². The van der Waals surface area contributed by atoms with Gasteiger partial charge in [0.15, 0.2) is 0 Å². The SMILES string of the molecule is CCCOc1ccc(NC(=O)[C@](C)(OCCC)C2CC2)cc1. The first kappa shape index (κ1) is 16.8. The first-order valence-electron chi connectivity index (χ1n) is 8.28. The number of benzene rings is 1. The number of rotatable bonds is 9. The van der Waals surface area contributed by atoms with Crippen molar-refractivity contribution in [1.82, 2.24) is 0 Å². The van der Waals surface area contributed by atoms with E-state index < -0.39 is 5.60 Å². The zero-order chi connectivity index (χ0) is 16.0. The molecule has 1 aromatic rings. The van der Waals surface area contributed by atoms with Crippen LogP contribution in [0.1, 0.15) is 46.5 Å². The van der Waals surface area contributed by atoms with Crippen LogP contribution in [0.15, 0.2) is 24.3 Å². The van der Waals surface area contributed by atoms with Crippen LogP contribution in [0, 0.1) is 5.92 Å². The molecule has 1 amide bonds. The van der Waals surface area contributed by atoms with E-state index in [0.717, 1.165) is 37.1 Å². The number of hydrogen-bond donors (Lipinski definition) is 1. The Hall–Kier alpha value is -1.55. The van der Waals surface area contributed by atoms with Crippen LogP contribution in [0.4, 0.5) is 5.69 Å². The highest BCUT2D eigenvalue weighted by Gasteiger charge is 2.48. The van der Waals surface area contributed by atoms with Crippen molar-refractivity contribution >= 4 is 11.6 Å². The summed E-state index contributed by atoms with van der Waals surface area (Å²) in [7, 11) is 0. The van der Waals surface area contributed by atoms with Gasteiger partial charge in [-0.15, -0.1) is 0 Å². The molecular weight excluding hydrogens is 278 g/mol. The fraction of sp³-hybridized carbons (Fsp3) is 0.611. The fourth-order valence-electron chi connectivity index (χ4n) is 2.43. The van der Waals surface area contributed by atoms with Gasteiger partial charge in [-0.1, -0.05) is 13.8 Å². The van der Waals surface area contributed by atoms with E-state index >= 15 is 0 Å². The van der Waals surface area contributed by atoms with Gasteiger partial charge in [-0.05, 0) is 62.8 Å². The summed E-state index contributed by atoms with van der Waals surface area (Å²) in [4.78, 5) is 12.6. The van der Waals surface area contributed by atoms with Crippen LogP contribution >= 0.6 is 0 Å². The van der Waals surface area contributed by atoms with Gasteiger partial charge in [0.25, 0.3) is 5.91 Å². The van der Waals surface area contributed by atoms with Crippen molar-refractivity contribution in [1.29, 1.82) is 0 Å². The van der Waals surface area contributed by atoms with Crippen molar-refractivity contribution in [3.63, 3.8) is 0 Å². The summed E-state index contributed by atoms with van der Waals surface area (Å²) in [5.74, 6) is 1.11. The van der Waals surface area contributed by atoms with Crippen molar-refractivity contribution in [2.45, 2.75) is 52.1 Å². The average Bonchev–Trinajstić information content (AvgIpc) is 3.37. The maximum atomic E-state index is 12.6. The Labute approximate surface area is 133 Å². The Kier molecular flexibility index (Phi) is 5.83. The molecule has 0 radical (unpaired) electrons. The van der Waals surface area contributed by atoms with Crippen LogP contribution in [0.25, 0.3) is 0 Å². The first-order chi connectivity index (χ1) is 10.6. The number of ether oxygens (including phenoxy) is 2. The zero-order valence-corrected chi connectivity index (χ0v) is 13.9. The molecule has 1 fully saturated rings. The van der Waals surface area contributed by atoms with Crippen LogP contribution in [-0.4, -0.2) is 24.7 Å². The second-order valence-electron chi connectivity index (χ2n) is 6.06. The number of hydrogen-bond acceptors (Lipinski definition) is 3. The van der Waals surface area contributed by atoms with Crippen LogP contribution in [0.3, 0.4) is 0 Å². The molecule has 0 heterocycles. The van der Waals surface area contributed by atoms with Crippen molar-refractivity contribution < 1.29 is 14.3 Å². The number of carbonyl (C=O) groups excluding carboxylic acids is 1. The molecule has 1 aliphatic carbocycles. The van der Waals surface area contributed by atoms with E-state index in [1.165, 1.54) is 0 Å².